The normalized spacial score (nSPS) is 47.8. The van der Waals surface area contributed by atoms with Gasteiger partial charge in [0.1, 0.15) is 11.9 Å². The van der Waals surface area contributed by atoms with E-state index in [1.54, 1.807) is 0 Å². The van der Waals surface area contributed by atoms with Crippen molar-refractivity contribution < 1.29 is 14.3 Å². The molecule has 0 spiro atoms. The third-order valence-corrected chi connectivity index (χ3v) is 10.6. The SMILES string of the molecule is C[C@]12CCC(=O)C[C@@H]1CC[C@@H]1[C@@H]2CC[C@]2(C)[C@H](OC(=O)C3CCCCC3)CC[C@@H]12. The van der Waals surface area contributed by atoms with Crippen molar-refractivity contribution in [2.24, 2.45) is 40.4 Å². The monoisotopic (exact) mass is 400 g/mol. The zero-order chi connectivity index (χ0) is 20.2. The van der Waals surface area contributed by atoms with Crippen LogP contribution in [0.15, 0.2) is 0 Å². The molecule has 3 nitrogen and oxygen atoms in total. The highest BCUT2D eigenvalue weighted by Gasteiger charge is 2.61. The maximum absolute atomic E-state index is 12.9. The third-order valence-electron chi connectivity index (χ3n) is 10.6. The fraction of sp³-hybridized carbons (Fsp3) is 0.923. The molecule has 5 aliphatic rings. The van der Waals surface area contributed by atoms with E-state index in [-0.39, 0.29) is 23.4 Å². The first-order valence-electron chi connectivity index (χ1n) is 12.6. The lowest BCUT2D eigenvalue weighted by Crippen LogP contribution is -2.54. The maximum Gasteiger partial charge on any atom is 0.309 e. The van der Waals surface area contributed by atoms with Crippen molar-refractivity contribution in [1.29, 1.82) is 0 Å². The lowest BCUT2D eigenvalue weighted by molar-refractivity contribution is -0.169. The van der Waals surface area contributed by atoms with Crippen LogP contribution in [0.1, 0.15) is 104 Å². The van der Waals surface area contributed by atoms with Crippen LogP contribution in [-0.2, 0) is 14.3 Å². The standard InChI is InChI=1S/C26H40O3/c1-25-14-12-19(27)16-18(25)8-9-20-21-10-11-23(26(21,2)15-13-22(20)25)29-24(28)17-6-4-3-5-7-17/h17-18,20-23H,3-16H2,1-2H3/t18-,20-,21-,22-,23+,25-,26-/m0/s1. The summed E-state index contributed by atoms with van der Waals surface area (Å²) in [5.74, 6) is 3.66. The van der Waals surface area contributed by atoms with Crippen LogP contribution < -0.4 is 0 Å². The highest BCUT2D eigenvalue weighted by Crippen LogP contribution is 2.66. The molecule has 5 saturated carbocycles. The van der Waals surface area contributed by atoms with Gasteiger partial charge in [0.05, 0.1) is 5.92 Å². The molecule has 162 valence electrons. The van der Waals surface area contributed by atoms with Crippen molar-refractivity contribution in [1.82, 2.24) is 0 Å². The van der Waals surface area contributed by atoms with Crippen molar-refractivity contribution in [3.63, 3.8) is 0 Å². The molecule has 29 heavy (non-hydrogen) atoms. The largest absolute Gasteiger partial charge is 0.462 e. The summed E-state index contributed by atoms with van der Waals surface area (Å²) in [6.07, 6.45) is 15.9. The van der Waals surface area contributed by atoms with Gasteiger partial charge in [-0.05, 0) is 86.9 Å². The summed E-state index contributed by atoms with van der Waals surface area (Å²) in [5, 5.41) is 0. The van der Waals surface area contributed by atoms with Crippen molar-refractivity contribution in [3.05, 3.63) is 0 Å². The molecule has 0 unspecified atom stereocenters. The molecule has 5 aliphatic carbocycles. The van der Waals surface area contributed by atoms with E-state index >= 15 is 0 Å². The number of ether oxygens (including phenoxy) is 1. The fourth-order valence-electron chi connectivity index (χ4n) is 8.77. The molecule has 7 atom stereocenters. The van der Waals surface area contributed by atoms with Gasteiger partial charge in [-0.2, -0.15) is 0 Å². The Balaban J connectivity index is 1.30. The molecule has 0 aromatic rings. The van der Waals surface area contributed by atoms with E-state index < -0.39 is 0 Å². The number of Topliss-reactive ketones (excluding diaryl/α,β-unsaturated/α-hetero) is 1. The molecule has 5 fully saturated rings. The van der Waals surface area contributed by atoms with Gasteiger partial charge in [0.25, 0.3) is 0 Å². The van der Waals surface area contributed by atoms with Gasteiger partial charge >= 0.3 is 5.97 Å². The molecule has 0 aromatic carbocycles. The molecule has 0 N–H and O–H groups in total. The smallest absolute Gasteiger partial charge is 0.309 e. The van der Waals surface area contributed by atoms with Crippen LogP contribution in [0.25, 0.3) is 0 Å². The Bertz CT molecular complexity index is 665. The highest BCUT2D eigenvalue weighted by molar-refractivity contribution is 5.79. The van der Waals surface area contributed by atoms with Crippen LogP contribution in [0, 0.1) is 40.4 Å². The van der Waals surface area contributed by atoms with Gasteiger partial charge in [0, 0.05) is 18.3 Å². The summed E-state index contributed by atoms with van der Waals surface area (Å²) in [4.78, 5) is 25.0. The Morgan fingerprint density at radius 2 is 1.62 bits per heavy atom. The van der Waals surface area contributed by atoms with E-state index in [2.05, 4.69) is 13.8 Å². The molecular formula is C26H40O3. The first-order valence-corrected chi connectivity index (χ1v) is 12.6. The van der Waals surface area contributed by atoms with Crippen LogP contribution in [0.3, 0.4) is 0 Å². The fourth-order valence-corrected chi connectivity index (χ4v) is 8.77. The number of carbonyl (C=O) groups excluding carboxylic acids is 2. The number of hydrogen-bond donors (Lipinski definition) is 0. The average molecular weight is 401 g/mol. The molecule has 5 rings (SSSR count). The van der Waals surface area contributed by atoms with Gasteiger partial charge in [-0.1, -0.05) is 33.1 Å². The van der Waals surface area contributed by atoms with E-state index in [1.807, 2.05) is 0 Å². The Kier molecular flexibility index (Phi) is 5.10. The molecule has 0 amide bonds. The molecular weight excluding hydrogens is 360 g/mol. The van der Waals surface area contributed by atoms with Crippen LogP contribution in [0.2, 0.25) is 0 Å². The predicted octanol–water partition coefficient (Wildman–Crippen LogP) is 6.09. The van der Waals surface area contributed by atoms with Crippen LogP contribution in [0.5, 0.6) is 0 Å². The molecule has 0 heterocycles. The number of fused-ring (bicyclic) bond motifs is 5. The molecule has 0 radical (unpaired) electrons. The third kappa shape index (κ3) is 3.21. The highest BCUT2D eigenvalue weighted by atomic mass is 16.5. The van der Waals surface area contributed by atoms with Gasteiger partial charge in [0.15, 0.2) is 0 Å². The van der Waals surface area contributed by atoms with Crippen LogP contribution >= 0.6 is 0 Å². The molecule has 0 bridgehead atoms. The summed E-state index contributed by atoms with van der Waals surface area (Å²) in [6, 6.07) is 0. The van der Waals surface area contributed by atoms with E-state index in [9.17, 15) is 9.59 Å². The summed E-state index contributed by atoms with van der Waals surface area (Å²) < 4.78 is 6.27. The lowest BCUT2D eigenvalue weighted by Gasteiger charge is -2.60. The van der Waals surface area contributed by atoms with Gasteiger partial charge < -0.3 is 4.74 Å². The first kappa shape index (κ1) is 20.1. The van der Waals surface area contributed by atoms with Crippen molar-refractivity contribution in [3.8, 4) is 0 Å². The Hall–Kier alpha value is -0.860. The summed E-state index contributed by atoms with van der Waals surface area (Å²) >= 11 is 0. The second-order valence-corrected chi connectivity index (χ2v) is 11.8. The average Bonchev–Trinajstić information content (AvgIpc) is 3.05. The molecule has 0 saturated heterocycles. The van der Waals surface area contributed by atoms with Gasteiger partial charge in [0.2, 0.25) is 0 Å². The molecule has 3 heteroatoms. The maximum atomic E-state index is 12.9. The molecule has 0 aromatic heterocycles. The quantitative estimate of drug-likeness (QED) is 0.527. The van der Waals surface area contributed by atoms with Crippen molar-refractivity contribution in [2.75, 3.05) is 0 Å². The number of carbonyl (C=O) groups is 2. The lowest BCUT2D eigenvalue weighted by atomic mass is 9.45. The van der Waals surface area contributed by atoms with Gasteiger partial charge in [-0.25, -0.2) is 0 Å². The minimum atomic E-state index is 0.111. The van der Waals surface area contributed by atoms with E-state index in [0.29, 0.717) is 23.0 Å². The van der Waals surface area contributed by atoms with Gasteiger partial charge in [-0.15, -0.1) is 0 Å². The van der Waals surface area contributed by atoms with E-state index in [0.717, 1.165) is 50.4 Å². The van der Waals surface area contributed by atoms with Crippen molar-refractivity contribution >= 4 is 11.8 Å². The number of ketones is 1. The summed E-state index contributed by atoms with van der Waals surface area (Å²) in [6.45, 7) is 4.96. The predicted molar refractivity (Wildman–Crippen MR) is 113 cm³/mol. The van der Waals surface area contributed by atoms with Gasteiger partial charge in [-0.3, -0.25) is 9.59 Å². The van der Waals surface area contributed by atoms with Crippen molar-refractivity contribution in [2.45, 2.75) is 110 Å². The summed E-state index contributed by atoms with van der Waals surface area (Å²) in [5.41, 5.74) is 0.550. The minimum Gasteiger partial charge on any atom is -0.462 e. The van der Waals surface area contributed by atoms with E-state index in [4.69, 9.17) is 4.74 Å². The minimum absolute atomic E-state index is 0.111. The number of hydrogen-bond acceptors (Lipinski definition) is 3. The van der Waals surface area contributed by atoms with Crippen LogP contribution in [0.4, 0.5) is 0 Å². The Labute approximate surface area is 176 Å². The first-order chi connectivity index (χ1) is 13.9. The number of rotatable bonds is 2. The number of esters is 1. The summed E-state index contributed by atoms with van der Waals surface area (Å²) in [7, 11) is 0. The zero-order valence-electron chi connectivity index (χ0n) is 18.6. The Morgan fingerprint density at radius 1 is 0.862 bits per heavy atom. The van der Waals surface area contributed by atoms with E-state index in [1.165, 1.54) is 51.4 Å². The second-order valence-electron chi connectivity index (χ2n) is 11.8. The van der Waals surface area contributed by atoms with Crippen LogP contribution in [-0.4, -0.2) is 17.9 Å². The second kappa shape index (κ2) is 7.38. The Morgan fingerprint density at radius 3 is 2.41 bits per heavy atom. The topological polar surface area (TPSA) is 43.4 Å². The zero-order valence-corrected chi connectivity index (χ0v) is 18.6. The molecule has 0 aliphatic heterocycles.